The molecule has 21 heavy (non-hydrogen) atoms. The molecule has 0 aliphatic heterocycles. The molecule has 2 aromatic carbocycles. The van der Waals surface area contributed by atoms with E-state index in [2.05, 4.69) is 4.72 Å². The smallest absolute Gasteiger partial charge is 0.240 e. The van der Waals surface area contributed by atoms with E-state index < -0.39 is 10.0 Å². The summed E-state index contributed by atoms with van der Waals surface area (Å²) < 4.78 is 27.1. The van der Waals surface area contributed by atoms with Crippen molar-refractivity contribution in [2.24, 2.45) is 5.73 Å². The van der Waals surface area contributed by atoms with Gasteiger partial charge in [0.25, 0.3) is 0 Å². The first-order valence-electron chi connectivity index (χ1n) is 6.79. The predicted molar refractivity (Wildman–Crippen MR) is 84.2 cm³/mol. The van der Waals surface area contributed by atoms with Crippen LogP contribution in [0.25, 0.3) is 0 Å². The van der Waals surface area contributed by atoms with E-state index in [4.69, 9.17) is 5.73 Å². The van der Waals surface area contributed by atoms with Gasteiger partial charge in [-0.2, -0.15) is 0 Å². The summed E-state index contributed by atoms with van der Waals surface area (Å²) in [5.74, 6) is 0. The van der Waals surface area contributed by atoms with E-state index in [0.29, 0.717) is 0 Å². The highest BCUT2D eigenvalue weighted by atomic mass is 32.2. The lowest BCUT2D eigenvalue weighted by atomic mass is 10.1. The van der Waals surface area contributed by atoms with Crippen molar-refractivity contribution in [3.63, 3.8) is 0 Å². The van der Waals surface area contributed by atoms with Gasteiger partial charge >= 0.3 is 0 Å². The summed E-state index contributed by atoms with van der Waals surface area (Å²) in [5, 5.41) is 0. The normalized spacial score (nSPS) is 13.1. The minimum atomic E-state index is -3.50. The van der Waals surface area contributed by atoms with Crippen molar-refractivity contribution in [3.8, 4) is 0 Å². The molecule has 0 bridgehead atoms. The number of sulfonamides is 1. The third-order valence-electron chi connectivity index (χ3n) is 3.26. The van der Waals surface area contributed by atoms with Crippen LogP contribution in [0.3, 0.4) is 0 Å². The van der Waals surface area contributed by atoms with Crippen molar-refractivity contribution in [2.45, 2.75) is 31.3 Å². The van der Waals surface area contributed by atoms with E-state index in [1.165, 1.54) is 0 Å². The van der Waals surface area contributed by atoms with Crippen LogP contribution in [0.15, 0.2) is 53.4 Å². The van der Waals surface area contributed by atoms with Crippen LogP contribution in [0.4, 0.5) is 0 Å². The Kier molecular flexibility index (Phi) is 4.77. The van der Waals surface area contributed by atoms with Gasteiger partial charge in [-0.1, -0.05) is 42.0 Å². The van der Waals surface area contributed by atoms with Crippen LogP contribution >= 0.6 is 0 Å². The van der Waals surface area contributed by atoms with Gasteiger partial charge in [-0.25, -0.2) is 13.1 Å². The van der Waals surface area contributed by atoms with Gasteiger partial charge in [0.1, 0.15) is 0 Å². The molecule has 5 heteroatoms. The van der Waals surface area contributed by atoms with E-state index in [9.17, 15) is 8.42 Å². The van der Waals surface area contributed by atoms with Crippen LogP contribution in [0.5, 0.6) is 0 Å². The molecular formula is C16H20N2O2S. The first-order valence-corrected chi connectivity index (χ1v) is 8.27. The van der Waals surface area contributed by atoms with Crippen LogP contribution < -0.4 is 10.5 Å². The molecule has 0 fully saturated rings. The van der Waals surface area contributed by atoms with Crippen LogP contribution in [0.2, 0.25) is 0 Å². The van der Waals surface area contributed by atoms with Crippen LogP contribution in [0.1, 0.15) is 29.7 Å². The van der Waals surface area contributed by atoms with E-state index in [-0.39, 0.29) is 17.5 Å². The van der Waals surface area contributed by atoms with E-state index in [1.54, 1.807) is 24.3 Å². The molecule has 0 radical (unpaired) electrons. The Hall–Kier alpha value is -1.69. The Balaban J connectivity index is 2.11. The van der Waals surface area contributed by atoms with E-state index in [1.807, 2.05) is 38.1 Å². The molecule has 1 atom stereocenters. The first kappa shape index (κ1) is 15.7. The molecule has 0 saturated carbocycles. The zero-order valence-electron chi connectivity index (χ0n) is 12.2. The lowest BCUT2D eigenvalue weighted by Gasteiger charge is -2.09. The second-order valence-corrected chi connectivity index (χ2v) is 6.94. The summed E-state index contributed by atoms with van der Waals surface area (Å²) in [4.78, 5) is 0.250. The van der Waals surface area contributed by atoms with Crippen molar-refractivity contribution < 1.29 is 8.42 Å². The first-order chi connectivity index (χ1) is 9.88. The topological polar surface area (TPSA) is 72.2 Å². The summed E-state index contributed by atoms with van der Waals surface area (Å²) >= 11 is 0. The van der Waals surface area contributed by atoms with Crippen LogP contribution in [-0.4, -0.2) is 8.42 Å². The van der Waals surface area contributed by atoms with Crippen LogP contribution in [-0.2, 0) is 16.6 Å². The molecule has 0 aliphatic rings. The SMILES string of the molecule is Cc1cccc(CNS(=O)(=O)c2ccc(C(C)N)cc2)c1. The molecule has 0 amide bonds. The lowest BCUT2D eigenvalue weighted by Crippen LogP contribution is -2.23. The number of rotatable bonds is 5. The predicted octanol–water partition coefficient (Wildman–Crippen LogP) is 2.49. The van der Waals surface area contributed by atoms with Crippen LogP contribution in [0, 0.1) is 6.92 Å². The third-order valence-corrected chi connectivity index (χ3v) is 4.68. The van der Waals surface area contributed by atoms with Gasteiger partial charge in [0, 0.05) is 12.6 Å². The van der Waals surface area contributed by atoms with E-state index >= 15 is 0 Å². The highest BCUT2D eigenvalue weighted by molar-refractivity contribution is 7.89. The van der Waals surface area contributed by atoms with E-state index in [0.717, 1.165) is 16.7 Å². The van der Waals surface area contributed by atoms with Crippen molar-refractivity contribution in [3.05, 3.63) is 65.2 Å². The number of hydrogen-bond donors (Lipinski definition) is 2. The van der Waals surface area contributed by atoms with Gasteiger partial charge in [-0.15, -0.1) is 0 Å². The average Bonchev–Trinajstić information content (AvgIpc) is 2.45. The summed E-state index contributed by atoms with van der Waals surface area (Å²) in [6.07, 6.45) is 0. The Morgan fingerprint density at radius 2 is 1.81 bits per heavy atom. The fourth-order valence-corrected chi connectivity index (χ4v) is 3.05. The Labute approximate surface area is 126 Å². The molecule has 0 aromatic heterocycles. The Morgan fingerprint density at radius 3 is 2.38 bits per heavy atom. The van der Waals surface area contributed by atoms with Crippen molar-refractivity contribution in [2.75, 3.05) is 0 Å². The second-order valence-electron chi connectivity index (χ2n) is 5.17. The fourth-order valence-electron chi connectivity index (χ4n) is 2.03. The minimum absolute atomic E-state index is 0.109. The molecule has 0 aliphatic carbocycles. The zero-order chi connectivity index (χ0) is 15.5. The number of nitrogens with one attached hydrogen (secondary N) is 1. The van der Waals surface area contributed by atoms with Crippen molar-refractivity contribution >= 4 is 10.0 Å². The molecule has 2 rings (SSSR count). The average molecular weight is 304 g/mol. The molecule has 3 N–H and O–H groups in total. The number of hydrogen-bond acceptors (Lipinski definition) is 3. The lowest BCUT2D eigenvalue weighted by molar-refractivity contribution is 0.581. The molecule has 0 spiro atoms. The molecule has 0 saturated heterocycles. The quantitative estimate of drug-likeness (QED) is 0.891. The highest BCUT2D eigenvalue weighted by Crippen LogP contribution is 2.15. The van der Waals surface area contributed by atoms with Gasteiger partial charge in [0.05, 0.1) is 4.90 Å². The molecule has 0 heterocycles. The number of aryl methyl sites for hydroxylation is 1. The minimum Gasteiger partial charge on any atom is -0.324 e. The van der Waals surface area contributed by atoms with Crippen molar-refractivity contribution in [1.82, 2.24) is 4.72 Å². The van der Waals surface area contributed by atoms with Gasteiger partial charge in [0.2, 0.25) is 10.0 Å². The van der Waals surface area contributed by atoms with Gasteiger partial charge in [-0.05, 0) is 37.1 Å². The number of nitrogens with two attached hydrogens (primary N) is 1. The summed E-state index contributed by atoms with van der Waals surface area (Å²) in [6, 6.07) is 14.3. The summed E-state index contributed by atoms with van der Waals surface area (Å²) in [5.41, 5.74) is 8.71. The maximum Gasteiger partial charge on any atom is 0.240 e. The summed E-state index contributed by atoms with van der Waals surface area (Å²) in [7, 11) is -3.50. The van der Waals surface area contributed by atoms with Gasteiger partial charge in [-0.3, -0.25) is 0 Å². The maximum atomic E-state index is 12.2. The monoisotopic (exact) mass is 304 g/mol. The fraction of sp³-hybridized carbons (Fsp3) is 0.250. The molecule has 112 valence electrons. The highest BCUT2D eigenvalue weighted by Gasteiger charge is 2.13. The molecule has 1 unspecified atom stereocenters. The summed E-state index contributed by atoms with van der Waals surface area (Å²) in [6.45, 7) is 4.11. The second kappa shape index (κ2) is 6.39. The standard InChI is InChI=1S/C16H20N2O2S/c1-12-4-3-5-14(10-12)11-18-21(19,20)16-8-6-15(7-9-16)13(2)17/h3-10,13,18H,11,17H2,1-2H3. The largest absolute Gasteiger partial charge is 0.324 e. The van der Waals surface area contributed by atoms with Gasteiger partial charge in [0.15, 0.2) is 0 Å². The molecule has 2 aromatic rings. The van der Waals surface area contributed by atoms with Crippen molar-refractivity contribution in [1.29, 1.82) is 0 Å². The molecule has 4 nitrogen and oxygen atoms in total. The number of benzene rings is 2. The third kappa shape index (κ3) is 4.14. The Morgan fingerprint density at radius 1 is 1.14 bits per heavy atom. The maximum absolute atomic E-state index is 12.2. The molecular weight excluding hydrogens is 284 g/mol. The van der Waals surface area contributed by atoms with Gasteiger partial charge < -0.3 is 5.73 Å². The zero-order valence-corrected chi connectivity index (χ0v) is 13.0. The Bertz CT molecular complexity index is 707.